The van der Waals surface area contributed by atoms with Crippen molar-refractivity contribution in [3.8, 4) is 0 Å². The van der Waals surface area contributed by atoms with Crippen LogP contribution in [0.5, 0.6) is 0 Å². The minimum Gasteiger partial charge on any atom is -0.306 e. The fraction of sp³-hybridized carbons (Fsp3) is 0.571. The Morgan fingerprint density at radius 1 is 1.53 bits per heavy atom. The van der Waals surface area contributed by atoms with E-state index in [0.717, 1.165) is 0 Å². The van der Waals surface area contributed by atoms with E-state index in [1.54, 1.807) is 0 Å². The van der Waals surface area contributed by atoms with Crippen LogP contribution in [0.4, 0.5) is 0 Å². The smallest absolute Gasteiger partial charge is 0.0329 e. The fourth-order valence-corrected chi connectivity index (χ4v) is 3.87. The Hall–Kier alpha value is 0.0100. The van der Waals surface area contributed by atoms with Crippen molar-refractivity contribution in [1.29, 1.82) is 0 Å². The molecule has 0 amide bonds. The van der Waals surface area contributed by atoms with Gasteiger partial charge in [-0.05, 0) is 42.7 Å². The highest BCUT2D eigenvalue weighted by molar-refractivity contribution is 9.10. The maximum Gasteiger partial charge on any atom is 0.0329 e. The Labute approximate surface area is 117 Å². The Morgan fingerprint density at radius 2 is 2.35 bits per heavy atom. The molecule has 0 spiro atoms. The first kappa shape index (κ1) is 13.4. The van der Waals surface area contributed by atoms with Crippen LogP contribution < -0.4 is 5.32 Å². The van der Waals surface area contributed by atoms with E-state index in [9.17, 15) is 0 Å². The van der Waals surface area contributed by atoms with E-state index in [1.807, 2.05) is 11.8 Å². The third-order valence-corrected chi connectivity index (χ3v) is 4.99. The largest absolute Gasteiger partial charge is 0.306 e. The molecule has 0 heterocycles. The number of fused-ring (bicyclic) bond motifs is 1. The molecule has 1 aliphatic carbocycles. The molecule has 1 aromatic carbocycles. The van der Waals surface area contributed by atoms with Crippen LogP contribution in [0.2, 0.25) is 0 Å². The third kappa shape index (κ3) is 3.07. The molecule has 0 fully saturated rings. The molecule has 0 saturated heterocycles. The average molecular weight is 314 g/mol. The molecule has 3 heteroatoms. The lowest BCUT2D eigenvalue weighted by atomic mass is 10.1. The standard InChI is InChI=1S/C14H20BrNS/c1-3-10(9-17-2)16-14-8-7-11-12(14)5-4-6-13(11)15/h4-6,10,14,16H,3,7-9H2,1-2H3. The van der Waals surface area contributed by atoms with Crippen LogP contribution in [0.15, 0.2) is 22.7 Å². The molecule has 94 valence electrons. The Kier molecular flexibility index (Phi) is 4.95. The molecule has 0 saturated carbocycles. The van der Waals surface area contributed by atoms with Crippen molar-refractivity contribution in [3.63, 3.8) is 0 Å². The van der Waals surface area contributed by atoms with Gasteiger partial charge in [-0.25, -0.2) is 0 Å². The van der Waals surface area contributed by atoms with Gasteiger partial charge in [0.2, 0.25) is 0 Å². The number of halogens is 1. The molecule has 0 radical (unpaired) electrons. The summed E-state index contributed by atoms with van der Waals surface area (Å²) in [4.78, 5) is 0. The highest BCUT2D eigenvalue weighted by Crippen LogP contribution is 2.36. The second-order valence-corrected chi connectivity index (χ2v) is 6.39. The van der Waals surface area contributed by atoms with Crippen molar-refractivity contribution in [3.05, 3.63) is 33.8 Å². The van der Waals surface area contributed by atoms with Crippen LogP contribution >= 0.6 is 27.7 Å². The zero-order chi connectivity index (χ0) is 12.3. The molecular weight excluding hydrogens is 294 g/mol. The highest BCUT2D eigenvalue weighted by Gasteiger charge is 2.25. The monoisotopic (exact) mass is 313 g/mol. The summed E-state index contributed by atoms with van der Waals surface area (Å²) >= 11 is 5.59. The van der Waals surface area contributed by atoms with Gasteiger partial charge in [-0.15, -0.1) is 0 Å². The van der Waals surface area contributed by atoms with Crippen molar-refractivity contribution in [2.75, 3.05) is 12.0 Å². The topological polar surface area (TPSA) is 12.0 Å². The first-order valence-corrected chi connectivity index (χ1v) is 8.47. The lowest BCUT2D eigenvalue weighted by molar-refractivity contribution is 0.449. The van der Waals surface area contributed by atoms with Crippen LogP contribution in [-0.2, 0) is 6.42 Å². The summed E-state index contributed by atoms with van der Waals surface area (Å²) in [6.07, 6.45) is 5.83. The van der Waals surface area contributed by atoms with Gasteiger partial charge in [-0.2, -0.15) is 11.8 Å². The van der Waals surface area contributed by atoms with Crippen LogP contribution in [0.3, 0.4) is 0 Å². The lowest BCUT2D eigenvalue weighted by Gasteiger charge is -2.22. The predicted molar refractivity (Wildman–Crippen MR) is 80.8 cm³/mol. The second kappa shape index (κ2) is 6.26. The zero-order valence-corrected chi connectivity index (χ0v) is 12.9. The Balaban J connectivity index is 2.09. The quantitative estimate of drug-likeness (QED) is 0.875. The van der Waals surface area contributed by atoms with E-state index in [4.69, 9.17) is 0 Å². The molecule has 1 N–H and O–H groups in total. The maximum atomic E-state index is 3.81. The number of hydrogen-bond donors (Lipinski definition) is 1. The van der Waals surface area contributed by atoms with Crippen molar-refractivity contribution in [2.45, 2.75) is 38.3 Å². The van der Waals surface area contributed by atoms with Gasteiger partial charge in [0.15, 0.2) is 0 Å². The number of hydrogen-bond acceptors (Lipinski definition) is 2. The molecule has 0 aliphatic heterocycles. The molecule has 1 aliphatic rings. The van der Waals surface area contributed by atoms with Crippen LogP contribution in [0.25, 0.3) is 0 Å². The van der Waals surface area contributed by atoms with Crippen LogP contribution in [-0.4, -0.2) is 18.1 Å². The summed E-state index contributed by atoms with van der Waals surface area (Å²) in [6.45, 7) is 2.27. The van der Waals surface area contributed by atoms with E-state index in [0.29, 0.717) is 12.1 Å². The zero-order valence-electron chi connectivity index (χ0n) is 10.5. The van der Waals surface area contributed by atoms with Gasteiger partial charge in [-0.1, -0.05) is 35.0 Å². The summed E-state index contributed by atoms with van der Waals surface area (Å²) in [5, 5.41) is 3.81. The van der Waals surface area contributed by atoms with Gasteiger partial charge in [0.1, 0.15) is 0 Å². The molecule has 17 heavy (non-hydrogen) atoms. The Bertz CT molecular complexity index is 380. The van der Waals surface area contributed by atoms with Crippen molar-refractivity contribution in [1.82, 2.24) is 5.32 Å². The van der Waals surface area contributed by atoms with Gasteiger partial charge in [-0.3, -0.25) is 0 Å². The summed E-state index contributed by atoms with van der Waals surface area (Å²) in [6, 6.07) is 7.77. The number of benzene rings is 1. The fourth-order valence-electron chi connectivity index (χ4n) is 2.55. The SMILES string of the molecule is CCC(CSC)NC1CCc2c(Br)cccc21. The molecule has 0 bridgehead atoms. The number of nitrogens with one attached hydrogen (secondary N) is 1. The van der Waals surface area contributed by atoms with Crippen LogP contribution in [0, 0.1) is 0 Å². The average Bonchev–Trinajstić information content (AvgIpc) is 2.73. The van der Waals surface area contributed by atoms with Crippen molar-refractivity contribution >= 4 is 27.7 Å². The minimum absolute atomic E-state index is 0.555. The predicted octanol–water partition coefficient (Wildman–Crippen LogP) is 4.17. The molecular formula is C14H20BrNS. The van der Waals surface area contributed by atoms with E-state index in [2.05, 4.69) is 52.6 Å². The highest BCUT2D eigenvalue weighted by atomic mass is 79.9. The third-order valence-electron chi connectivity index (χ3n) is 3.51. The summed E-state index contributed by atoms with van der Waals surface area (Å²) in [7, 11) is 0. The molecule has 0 aromatic heterocycles. The van der Waals surface area contributed by atoms with Crippen LogP contribution in [0.1, 0.15) is 36.9 Å². The molecule has 1 nitrogen and oxygen atoms in total. The van der Waals surface area contributed by atoms with E-state index >= 15 is 0 Å². The Morgan fingerprint density at radius 3 is 3.06 bits per heavy atom. The van der Waals surface area contributed by atoms with E-state index in [-0.39, 0.29) is 0 Å². The first-order valence-electron chi connectivity index (χ1n) is 6.28. The maximum absolute atomic E-state index is 3.81. The normalized spacial score (nSPS) is 20.3. The van der Waals surface area contributed by atoms with Gasteiger partial charge >= 0.3 is 0 Å². The lowest BCUT2D eigenvalue weighted by Crippen LogP contribution is -2.33. The minimum atomic E-state index is 0.555. The second-order valence-electron chi connectivity index (χ2n) is 4.63. The van der Waals surface area contributed by atoms with Crippen molar-refractivity contribution in [2.24, 2.45) is 0 Å². The molecule has 1 aromatic rings. The van der Waals surface area contributed by atoms with Gasteiger partial charge in [0.05, 0.1) is 0 Å². The van der Waals surface area contributed by atoms with Gasteiger partial charge in [0.25, 0.3) is 0 Å². The summed E-state index contributed by atoms with van der Waals surface area (Å²) in [5.41, 5.74) is 3.00. The summed E-state index contributed by atoms with van der Waals surface area (Å²) in [5.74, 6) is 1.20. The molecule has 2 atom stereocenters. The van der Waals surface area contributed by atoms with Gasteiger partial charge in [0, 0.05) is 22.3 Å². The summed E-state index contributed by atoms with van der Waals surface area (Å²) < 4.78 is 1.28. The van der Waals surface area contributed by atoms with E-state index in [1.165, 1.54) is 40.6 Å². The molecule has 2 rings (SSSR count). The first-order chi connectivity index (χ1) is 8.26. The van der Waals surface area contributed by atoms with Gasteiger partial charge < -0.3 is 5.32 Å². The van der Waals surface area contributed by atoms with Crippen molar-refractivity contribution < 1.29 is 0 Å². The number of rotatable bonds is 5. The molecule has 2 unspecified atom stereocenters. The van der Waals surface area contributed by atoms with E-state index < -0.39 is 0 Å². The number of thioether (sulfide) groups is 1.